The Labute approximate surface area is 127 Å². The van der Waals surface area contributed by atoms with E-state index in [1.807, 2.05) is 20.8 Å². The van der Waals surface area contributed by atoms with Crippen molar-refractivity contribution in [3.8, 4) is 0 Å². The quantitative estimate of drug-likeness (QED) is 0.796. The Bertz CT molecular complexity index is 577. The molecule has 21 heavy (non-hydrogen) atoms. The van der Waals surface area contributed by atoms with Crippen molar-refractivity contribution in [3.05, 3.63) is 34.9 Å². The largest absolute Gasteiger partial charge is 0.352 e. The number of sulfonamides is 1. The van der Waals surface area contributed by atoms with Gasteiger partial charge in [-0.1, -0.05) is 29.3 Å². The zero-order valence-corrected chi connectivity index (χ0v) is 13.9. The molecule has 0 bridgehead atoms. The highest BCUT2D eigenvalue weighted by molar-refractivity contribution is 7.89. The van der Waals surface area contributed by atoms with Gasteiger partial charge >= 0.3 is 0 Å². The third kappa shape index (κ3) is 6.73. The molecule has 0 aliphatic carbocycles. The summed E-state index contributed by atoms with van der Waals surface area (Å²) in [6, 6.07) is 6.24. The molecule has 1 unspecified atom stereocenters. The molecular formula is C15H24N2O3S. The summed E-state index contributed by atoms with van der Waals surface area (Å²) in [6.07, 6.45) is 0.717. The Morgan fingerprint density at radius 3 is 2.29 bits per heavy atom. The predicted molar refractivity (Wildman–Crippen MR) is 84.7 cm³/mol. The summed E-state index contributed by atoms with van der Waals surface area (Å²) in [5, 5.41) is 2.80. The fraction of sp³-hybridized carbons (Fsp3) is 0.533. The van der Waals surface area contributed by atoms with E-state index in [1.54, 1.807) is 0 Å². The molecule has 0 radical (unpaired) electrons. The van der Waals surface area contributed by atoms with Gasteiger partial charge in [-0.2, -0.15) is 0 Å². The van der Waals surface area contributed by atoms with Gasteiger partial charge in [0.25, 0.3) is 0 Å². The van der Waals surface area contributed by atoms with Gasteiger partial charge in [0.2, 0.25) is 15.9 Å². The molecule has 118 valence electrons. The van der Waals surface area contributed by atoms with Crippen LogP contribution in [0, 0.1) is 13.8 Å². The molecule has 2 N–H and O–H groups in total. The van der Waals surface area contributed by atoms with Crippen molar-refractivity contribution in [2.75, 3.05) is 12.3 Å². The number of hydrogen-bond donors (Lipinski definition) is 2. The van der Waals surface area contributed by atoms with Crippen molar-refractivity contribution in [2.45, 2.75) is 40.2 Å². The van der Waals surface area contributed by atoms with Gasteiger partial charge < -0.3 is 5.32 Å². The van der Waals surface area contributed by atoms with Gasteiger partial charge in [-0.15, -0.1) is 0 Å². The maximum absolute atomic E-state index is 11.7. The minimum Gasteiger partial charge on any atom is -0.352 e. The molecule has 5 nitrogen and oxygen atoms in total. The van der Waals surface area contributed by atoms with Crippen LogP contribution in [0.5, 0.6) is 0 Å². The summed E-state index contributed by atoms with van der Waals surface area (Å²) in [4.78, 5) is 11.7. The van der Waals surface area contributed by atoms with Gasteiger partial charge in [0.15, 0.2) is 0 Å². The average molecular weight is 312 g/mol. The Kier molecular flexibility index (Phi) is 6.36. The molecule has 1 atom stereocenters. The van der Waals surface area contributed by atoms with Gasteiger partial charge in [-0.3, -0.25) is 4.79 Å². The third-order valence-corrected chi connectivity index (χ3v) is 4.41. The topological polar surface area (TPSA) is 75.3 Å². The molecule has 0 saturated heterocycles. The number of rotatable bonds is 7. The molecule has 0 saturated carbocycles. The van der Waals surface area contributed by atoms with Crippen molar-refractivity contribution >= 4 is 15.9 Å². The summed E-state index contributed by atoms with van der Waals surface area (Å²) < 4.78 is 24.8. The number of carbonyl (C=O) groups excluding carboxylic acids is 1. The molecule has 0 heterocycles. The average Bonchev–Trinajstić information content (AvgIpc) is 2.35. The Morgan fingerprint density at radius 1 is 1.19 bits per heavy atom. The van der Waals surface area contributed by atoms with Crippen LogP contribution in [-0.4, -0.2) is 32.7 Å². The monoisotopic (exact) mass is 312 g/mol. The number of aryl methyl sites for hydroxylation is 2. The first-order valence-corrected chi connectivity index (χ1v) is 8.71. The SMILES string of the molecule is CCS(=O)(=O)NCC(=O)NC(C)Cc1cc(C)cc(C)c1. The zero-order valence-electron chi connectivity index (χ0n) is 13.1. The Hall–Kier alpha value is -1.40. The highest BCUT2D eigenvalue weighted by atomic mass is 32.2. The first-order chi connectivity index (χ1) is 9.71. The van der Waals surface area contributed by atoms with E-state index >= 15 is 0 Å². The molecule has 0 aromatic heterocycles. The number of benzene rings is 1. The summed E-state index contributed by atoms with van der Waals surface area (Å²) in [7, 11) is -3.33. The lowest BCUT2D eigenvalue weighted by atomic mass is 10.0. The van der Waals surface area contributed by atoms with E-state index in [0.29, 0.717) is 0 Å². The molecule has 0 fully saturated rings. The minimum atomic E-state index is -3.33. The van der Waals surface area contributed by atoms with Crippen molar-refractivity contribution < 1.29 is 13.2 Å². The molecule has 1 aromatic carbocycles. The smallest absolute Gasteiger partial charge is 0.235 e. The fourth-order valence-corrected chi connectivity index (χ4v) is 2.75. The maximum Gasteiger partial charge on any atom is 0.235 e. The lowest BCUT2D eigenvalue weighted by molar-refractivity contribution is -0.120. The van der Waals surface area contributed by atoms with E-state index in [2.05, 4.69) is 28.2 Å². The van der Waals surface area contributed by atoms with Crippen LogP contribution >= 0.6 is 0 Å². The van der Waals surface area contributed by atoms with Crippen molar-refractivity contribution in [3.63, 3.8) is 0 Å². The predicted octanol–water partition coefficient (Wildman–Crippen LogP) is 1.29. The number of amides is 1. The third-order valence-electron chi connectivity index (χ3n) is 3.06. The number of hydrogen-bond acceptors (Lipinski definition) is 3. The summed E-state index contributed by atoms with van der Waals surface area (Å²) in [5.41, 5.74) is 3.55. The molecule has 0 spiro atoms. The standard InChI is InChI=1S/C15H24N2O3S/c1-5-21(19,20)16-10-15(18)17-13(4)9-14-7-11(2)6-12(3)8-14/h6-8,13,16H,5,9-10H2,1-4H3,(H,17,18). The van der Waals surface area contributed by atoms with Crippen molar-refractivity contribution in [1.82, 2.24) is 10.0 Å². The van der Waals surface area contributed by atoms with Crippen LogP contribution in [0.25, 0.3) is 0 Å². The minimum absolute atomic E-state index is 0.0294. The number of carbonyl (C=O) groups is 1. The molecule has 0 aliphatic rings. The van der Waals surface area contributed by atoms with E-state index in [-0.39, 0.29) is 24.2 Å². The van der Waals surface area contributed by atoms with Gasteiger partial charge in [0, 0.05) is 6.04 Å². The first kappa shape index (κ1) is 17.7. The maximum atomic E-state index is 11.7. The highest BCUT2D eigenvalue weighted by Crippen LogP contribution is 2.10. The first-order valence-electron chi connectivity index (χ1n) is 7.05. The second kappa shape index (κ2) is 7.56. The summed E-state index contributed by atoms with van der Waals surface area (Å²) in [6.45, 7) is 7.30. The number of nitrogens with one attached hydrogen (secondary N) is 2. The lowest BCUT2D eigenvalue weighted by Gasteiger charge is -2.15. The molecule has 1 aromatic rings. The molecule has 6 heteroatoms. The van der Waals surface area contributed by atoms with Crippen LogP contribution in [0.2, 0.25) is 0 Å². The van der Waals surface area contributed by atoms with E-state index < -0.39 is 10.0 Å². The molecular weight excluding hydrogens is 288 g/mol. The van der Waals surface area contributed by atoms with Gasteiger partial charge in [0.1, 0.15) is 0 Å². The fourth-order valence-electron chi connectivity index (χ4n) is 2.19. The van der Waals surface area contributed by atoms with Crippen LogP contribution in [0.4, 0.5) is 0 Å². The summed E-state index contributed by atoms with van der Waals surface area (Å²) in [5.74, 6) is -0.345. The Morgan fingerprint density at radius 2 is 1.76 bits per heavy atom. The van der Waals surface area contributed by atoms with E-state index in [0.717, 1.165) is 12.0 Å². The second-order valence-electron chi connectivity index (χ2n) is 5.39. The van der Waals surface area contributed by atoms with Crippen molar-refractivity contribution in [1.29, 1.82) is 0 Å². The second-order valence-corrected chi connectivity index (χ2v) is 7.49. The molecule has 1 amide bonds. The van der Waals surface area contributed by atoms with Crippen LogP contribution in [0.3, 0.4) is 0 Å². The van der Waals surface area contributed by atoms with Gasteiger partial charge in [-0.05, 0) is 39.7 Å². The molecule has 1 rings (SSSR count). The van der Waals surface area contributed by atoms with E-state index in [4.69, 9.17) is 0 Å². The van der Waals surface area contributed by atoms with Gasteiger partial charge in [-0.25, -0.2) is 13.1 Å². The van der Waals surface area contributed by atoms with Gasteiger partial charge in [0.05, 0.1) is 12.3 Å². The van der Waals surface area contributed by atoms with E-state index in [9.17, 15) is 13.2 Å². The van der Waals surface area contributed by atoms with Crippen LogP contribution in [0.1, 0.15) is 30.5 Å². The summed E-state index contributed by atoms with van der Waals surface area (Å²) >= 11 is 0. The van der Waals surface area contributed by atoms with Crippen LogP contribution < -0.4 is 10.0 Å². The molecule has 0 aliphatic heterocycles. The zero-order chi connectivity index (χ0) is 16.0. The highest BCUT2D eigenvalue weighted by Gasteiger charge is 2.12. The Balaban J connectivity index is 2.49. The van der Waals surface area contributed by atoms with Crippen molar-refractivity contribution in [2.24, 2.45) is 0 Å². The van der Waals surface area contributed by atoms with Crippen LogP contribution in [-0.2, 0) is 21.2 Å². The van der Waals surface area contributed by atoms with Crippen LogP contribution in [0.15, 0.2) is 18.2 Å². The lowest BCUT2D eigenvalue weighted by Crippen LogP contribution is -2.41. The van der Waals surface area contributed by atoms with E-state index in [1.165, 1.54) is 18.1 Å². The normalized spacial score (nSPS) is 13.0.